The minimum absolute atomic E-state index is 0.0343. The van der Waals surface area contributed by atoms with E-state index in [9.17, 15) is 4.79 Å². The lowest BCUT2D eigenvalue weighted by Gasteiger charge is -2.26. The molecule has 2 aromatic heterocycles. The maximum atomic E-state index is 12.6. The van der Waals surface area contributed by atoms with Crippen LogP contribution in [0.15, 0.2) is 39.4 Å². The van der Waals surface area contributed by atoms with Crippen molar-refractivity contribution in [1.82, 2.24) is 10.3 Å². The van der Waals surface area contributed by atoms with E-state index in [0.29, 0.717) is 17.3 Å². The zero-order chi connectivity index (χ0) is 18.1. The zero-order valence-electron chi connectivity index (χ0n) is 14.6. The van der Waals surface area contributed by atoms with Crippen LogP contribution in [0.5, 0.6) is 0 Å². The molecule has 0 radical (unpaired) electrons. The number of aryl methyl sites for hydroxylation is 2. The second-order valence-electron chi connectivity index (χ2n) is 6.68. The largest absolute Gasteiger partial charge is 0.441 e. The first-order valence-electron chi connectivity index (χ1n) is 8.76. The van der Waals surface area contributed by atoms with Gasteiger partial charge in [0.05, 0.1) is 18.2 Å². The van der Waals surface area contributed by atoms with Crippen molar-refractivity contribution < 1.29 is 9.21 Å². The van der Waals surface area contributed by atoms with E-state index in [-0.39, 0.29) is 18.4 Å². The van der Waals surface area contributed by atoms with Crippen molar-refractivity contribution >= 4 is 22.9 Å². The van der Waals surface area contributed by atoms with Gasteiger partial charge >= 0.3 is 0 Å². The number of hydrogen-bond acceptors (Lipinski definition) is 5. The van der Waals surface area contributed by atoms with Gasteiger partial charge in [-0.25, -0.2) is 4.98 Å². The molecule has 1 aliphatic rings. The van der Waals surface area contributed by atoms with Crippen LogP contribution in [0.2, 0.25) is 0 Å². The first kappa shape index (κ1) is 16.8. The normalized spacial score (nSPS) is 16.3. The molecular formula is C20H21N3O2S. The van der Waals surface area contributed by atoms with Gasteiger partial charge in [-0.1, -0.05) is 6.07 Å². The number of aromatic nitrogens is 1. The Morgan fingerprint density at radius 1 is 1.42 bits per heavy atom. The average Bonchev–Trinajstić information content (AvgIpc) is 3.25. The average molecular weight is 367 g/mol. The van der Waals surface area contributed by atoms with Crippen LogP contribution < -0.4 is 11.1 Å². The van der Waals surface area contributed by atoms with Crippen LogP contribution in [-0.4, -0.2) is 10.9 Å². The number of nitrogens with zero attached hydrogens (tertiary/aromatic N) is 1. The lowest BCUT2D eigenvalue weighted by atomic mass is 9.87. The van der Waals surface area contributed by atoms with Crippen LogP contribution in [-0.2, 0) is 17.6 Å². The molecule has 26 heavy (non-hydrogen) atoms. The molecule has 0 saturated carbocycles. The number of benzene rings is 1. The number of nitrogens with one attached hydrogen (secondary N) is 1. The molecule has 1 amide bonds. The van der Waals surface area contributed by atoms with Crippen LogP contribution >= 0.6 is 11.3 Å². The van der Waals surface area contributed by atoms with E-state index in [1.165, 1.54) is 11.1 Å². The van der Waals surface area contributed by atoms with Crippen molar-refractivity contribution in [2.45, 2.75) is 38.6 Å². The predicted molar refractivity (Wildman–Crippen MR) is 103 cm³/mol. The molecule has 1 unspecified atom stereocenters. The minimum Gasteiger partial charge on any atom is -0.441 e. The van der Waals surface area contributed by atoms with Gasteiger partial charge in [-0.15, -0.1) is 0 Å². The number of anilines is 1. The lowest BCUT2D eigenvalue weighted by molar-refractivity contribution is -0.121. The second kappa shape index (κ2) is 6.96. The van der Waals surface area contributed by atoms with Gasteiger partial charge in [-0.3, -0.25) is 4.79 Å². The zero-order valence-corrected chi connectivity index (χ0v) is 15.4. The van der Waals surface area contributed by atoms with Gasteiger partial charge < -0.3 is 15.5 Å². The fourth-order valence-electron chi connectivity index (χ4n) is 3.48. The molecule has 1 aliphatic carbocycles. The third kappa shape index (κ3) is 3.37. The van der Waals surface area contributed by atoms with Crippen LogP contribution in [0.1, 0.15) is 41.5 Å². The summed E-state index contributed by atoms with van der Waals surface area (Å²) < 4.78 is 5.72. The summed E-state index contributed by atoms with van der Waals surface area (Å²) in [5.74, 6) is 1.23. The molecule has 2 heterocycles. The SMILES string of the molecule is Cc1oc(-c2ccsc2)nc1CC(=O)NC1CCCc2cc(N)ccc21. The molecule has 3 N–H and O–H groups in total. The summed E-state index contributed by atoms with van der Waals surface area (Å²) in [5, 5.41) is 7.12. The lowest BCUT2D eigenvalue weighted by Crippen LogP contribution is -2.32. The van der Waals surface area contributed by atoms with Crippen molar-refractivity contribution in [2.75, 3.05) is 5.73 Å². The predicted octanol–water partition coefficient (Wildman–Crippen LogP) is 4.03. The number of nitrogens with two attached hydrogens (primary N) is 1. The number of carbonyl (C=O) groups excluding carboxylic acids is 1. The number of amides is 1. The van der Waals surface area contributed by atoms with Crippen LogP contribution in [0.25, 0.3) is 11.5 Å². The van der Waals surface area contributed by atoms with E-state index in [4.69, 9.17) is 10.2 Å². The first-order valence-corrected chi connectivity index (χ1v) is 9.71. The highest BCUT2D eigenvalue weighted by Crippen LogP contribution is 2.31. The Kier molecular flexibility index (Phi) is 4.51. The van der Waals surface area contributed by atoms with Crippen molar-refractivity contribution in [1.29, 1.82) is 0 Å². The number of hydrogen-bond donors (Lipinski definition) is 2. The maximum absolute atomic E-state index is 12.6. The van der Waals surface area contributed by atoms with Crippen molar-refractivity contribution in [2.24, 2.45) is 0 Å². The molecule has 4 rings (SSSR count). The topological polar surface area (TPSA) is 81.2 Å². The number of oxazole rings is 1. The van der Waals surface area contributed by atoms with E-state index < -0.39 is 0 Å². The van der Waals surface area contributed by atoms with Gasteiger partial charge in [-0.05, 0) is 60.9 Å². The van der Waals surface area contributed by atoms with Gasteiger partial charge in [-0.2, -0.15) is 11.3 Å². The van der Waals surface area contributed by atoms with E-state index in [2.05, 4.69) is 10.3 Å². The van der Waals surface area contributed by atoms with Crippen molar-refractivity contribution in [3.63, 3.8) is 0 Å². The Hall–Kier alpha value is -2.60. The number of thiophene rings is 1. The third-order valence-corrected chi connectivity index (χ3v) is 5.49. The van der Waals surface area contributed by atoms with Gasteiger partial charge in [0.1, 0.15) is 5.76 Å². The molecule has 0 fully saturated rings. The molecule has 0 aliphatic heterocycles. The van der Waals surface area contributed by atoms with Gasteiger partial charge in [0.2, 0.25) is 11.8 Å². The molecule has 0 spiro atoms. The van der Waals surface area contributed by atoms with Gasteiger partial charge in [0.15, 0.2) is 0 Å². The quantitative estimate of drug-likeness (QED) is 0.682. The third-order valence-electron chi connectivity index (χ3n) is 4.81. The van der Waals surface area contributed by atoms with Gasteiger partial charge in [0.25, 0.3) is 0 Å². The van der Waals surface area contributed by atoms with E-state index in [1.807, 2.05) is 41.9 Å². The Morgan fingerprint density at radius 2 is 2.31 bits per heavy atom. The summed E-state index contributed by atoms with van der Waals surface area (Å²) in [6.45, 7) is 1.85. The van der Waals surface area contributed by atoms with Crippen molar-refractivity contribution in [3.05, 3.63) is 57.6 Å². The second-order valence-corrected chi connectivity index (χ2v) is 7.46. The summed E-state index contributed by atoms with van der Waals surface area (Å²) in [4.78, 5) is 17.1. The minimum atomic E-state index is -0.0343. The number of fused-ring (bicyclic) bond motifs is 1. The van der Waals surface area contributed by atoms with E-state index in [0.717, 1.165) is 30.5 Å². The number of carbonyl (C=O) groups is 1. The molecule has 1 aromatic carbocycles. The summed E-state index contributed by atoms with van der Waals surface area (Å²) in [6, 6.07) is 7.95. The molecule has 134 valence electrons. The first-order chi connectivity index (χ1) is 12.6. The molecule has 0 bridgehead atoms. The van der Waals surface area contributed by atoms with Crippen LogP contribution in [0, 0.1) is 6.92 Å². The molecule has 5 nitrogen and oxygen atoms in total. The van der Waals surface area contributed by atoms with Gasteiger partial charge in [0, 0.05) is 16.6 Å². The number of rotatable bonds is 4. The van der Waals surface area contributed by atoms with E-state index in [1.54, 1.807) is 11.3 Å². The monoisotopic (exact) mass is 367 g/mol. The summed E-state index contributed by atoms with van der Waals surface area (Å²) in [5.41, 5.74) is 10.7. The van der Waals surface area contributed by atoms with Crippen molar-refractivity contribution in [3.8, 4) is 11.5 Å². The maximum Gasteiger partial charge on any atom is 0.227 e. The van der Waals surface area contributed by atoms with E-state index >= 15 is 0 Å². The summed E-state index contributed by atoms with van der Waals surface area (Å²) in [7, 11) is 0. The number of nitrogen functional groups attached to an aromatic ring is 1. The highest BCUT2D eigenvalue weighted by Gasteiger charge is 2.23. The molecule has 3 aromatic rings. The molecular weight excluding hydrogens is 346 g/mol. The Labute approximate surface area is 156 Å². The standard InChI is InChI=1S/C20H21N3O2S/c1-12-18(23-20(25-12)14-7-8-26-11-14)10-19(24)22-17-4-2-3-13-9-15(21)5-6-16(13)17/h5-9,11,17H,2-4,10,21H2,1H3,(H,22,24). The molecule has 6 heteroatoms. The summed E-state index contributed by atoms with van der Waals surface area (Å²) >= 11 is 1.59. The fraction of sp³-hybridized carbons (Fsp3) is 0.300. The highest BCUT2D eigenvalue weighted by molar-refractivity contribution is 7.08. The molecule has 1 atom stereocenters. The van der Waals surface area contributed by atoms with Crippen LogP contribution in [0.3, 0.4) is 0 Å². The Bertz CT molecular complexity index is 931. The summed E-state index contributed by atoms with van der Waals surface area (Å²) in [6.07, 6.45) is 3.23. The molecule has 0 saturated heterocycles. The smallest absolute Gasteiger partial charge is 0.227 e. The Balaban J connectivity index is 1.47. The van der Waals surface area contributed by atoms with Crippen LogP contribution in [0.4, 0.5) is 5.69 Å². The Morgan fingerprint density at radius 3 is 3.12 bits per heavy atom. The highest BCUT2D eigenvalue weighted by atomic mass is 32.1. The fourth-order valence-corrected chi connectivity index (χ4v) is 4.11.